The second-order valence-electron chi connectivity index (χ2n) is 8.76. The summed E-state index contributed by atoms with van der Waals surface area (Å²) >= 11 is 0. The predicted molar refractivity (Wildman–Crippen MR) is 128 cm³/mol. The van der Waals surface area contributed by atoms with Gasteiger partial charge in [0.05, 0.1) is 5.71 Å². The van der Waals surface area contributed by atoms with E-state index < -0.39 is 0 Å². The van der Waals surface area contributed by atoms with E-state index in [1.807, 2.05) is 18.2 Å². The molecular weight excluding hydrogens is 380 g/mol. The molecule has 0 aromatic heterocycles. The lowest BCUT2D eigenvalue weighted by Gasteiger charge is -2.47. The zero-order valence-corrected chi connectivity index (χ0v) is 18.7. The molecule has 3 heteroatoms. The van der Waals surface area contributed by atoms with E-state index >= 15 is 0 Å². The van der Waals surface area contributed by atoms with Gasteiger partial charge in [-0.25, -0.2) is 0 Å². The highest BCUT2D eigenvalue weighted by molar-refractivity contribution is 5.89. The van der Waals surface area contributed by atoms with E-state index in [1.165, 1.54) is 11.1 Å². The Labute approximate surface area is 186 Å². The fourth-order valence-electron chi connectivity index (χ4n) is 4.84. The minimum Gasteiger partial charge on any atom is -0.391 e. The van der Waals surface area contributed by atoms with E-state index in [0.29, 0.717) is 18.4 Å². The highest BCUT2D eigenvalue weighted by Crippen LogP contribution is 2.45. The predicted octanol–water partition coefficient (Wildman–Crippen LogP) is 6.65. The summed E-state index contributed by atoms with van der Waals surface area (Å²) in [5.74, 6) is 0.742. The molecule has 0 spiro atoms. The van der Waals surface area contributed by atoms with E-state index in [0.717, 1.165) is 17.7 Å². The lowest BCUT2D eigenvalue weighted by molar-refractivity contribution is 0.0888. The number of hydrogen-bond acceptors (Lipinski definition) is 3. The third-order valence-corrected chi connectivity index (χ3v) is 6.36. The molecule has 0 amide bonds. The Morgan fingerprint density at radius 1 is 0.839 bits per heavy atom. The zero-order chi connectivity index (χ0) is 21.6. The number of piperidine rings is 1. The van der Waals surface area contributed by atoms with Crippen molar-refractivity contribution in [3.63, 3.8) is 0 Å². The van der Waals surface area contributed by atoms with Crippen LogP contribution >= 0.6 is 0 Å². The molecule has 4 rings (SSSR count). The van der Waals surface area contributed by atoms with Crippen molar-refractivity contribution in [2.24, 2.45) is 17.0 Å². The van der Waals surface area contributed by atoms with Gasteiger partial charge in [0.1, 0.15) is 6.61 Å². The first-order chi connectivity index (χ1) is 15.1. The Morgan fingerprint density at radius 3 is 1.97 bits per heavy atom. The van der Waals surface area contributed by atoms with Crippen molar-refractivity contribution in [3.8, 4) is 0 Å². The summed E-state index contributed by atoms with van der Waals surface area (Å²) in [6.45, 7) is 5.09. The Bertz CT molecular complexity index is 970. The number of hydrogen-bond donors (Lipinski definition) is 0. The summed E-state index contributed by atoms with van der Waals surface area (Å²) in [5.41, 5.74) is 4.95. The second kappa shape index (κ2) is 9.93. The highest BCUT2D eigenvalue weighted by atomic mass is 16.6. The smallest absolute Gasteiger partial charge is 0.142 e. The van der Waals surface area contributed by atoms with Crippen LogP contribution in [0.4, 0.5) is 0 Å². The molecular formula is C28H32N2O. The van der Waals surface area contributed by atoms with Gasteiger partial charge in [-0.3, -0.25) is 4.90 Å². The summed E-state index contributed by atoms with van der Waals surface area (Å²) in [6, 6.07) is 32.4. The molecule has 1 fully saturated rings. The van der Waals surface area contributed by atoms with E-state index in [-0.39, 0.29) is 12.1 Å². The van der Waals surface area contributed by atoms with Crippen molar-refractivity contribution in [1.29, 1.82) is 0 Å². The number of rotatable bonds is 6. The molecule has 1 heterocycles. The van der Waals surface area contributed by atoms with E-state index in [4.69, 9.17) is 9.99 Å². The number of nitrogens with zero attached hydrogens (tertiary/aromatic N) is 2. The molecule has 3 aromatic rings. The normalized spacial score (nSPS) is 23.2. The minimum atomic E-state index is 0.249. The largest absolute Gasteiger partial charge is 0.391 e. The van der Waals surface area contributed by atoms with Gasteiger partial charge < -0.3 is 4.84 Å². The van der Waals surface area contributed by atoms with Crippen LogP contribution in [0.15, 0.2) is 96.2 Å². The molecule has 0 radical (unpaired) electrons. The molecule has 3 unspecified atom stereocenters. The number of benzene rings is 3. The summed E-state index contributed by atoms with van der Waals surface area (Å²) in [5, 5.41) is 4.76. The fourth-order valence-corrected chi connectivity index (χ4v) is 4.84. The Balaban J connectivity index is 1.69. The summed E-state index contributed by atoms with van der Waals surface area (Å²) in [4.78, 5) is 8.45. The average Bonchev–Trinajstić information content (AvgIpc) is 2.81. The monoisotopic (exact) mass is 412 g/mol. The van der Waals surface area contributed by atoms with Crippen molar-refractivity contribution >= 4 is 5.71 Å². The summed E-state index contributed by atoms with van der Waals surface area (Å²) < 4.78 is 0. The van der Waals surface area contributed by atoms with Crippen molar-refractivity contribution in [1.82, 2.24) is 4.90 Å². The topological polar surface area (TPSA) is 24.8 Å². The maximum Gasteiger partial charge on any atom is 0.142 e. The van der Waals surface area contributed by atoms with Crippen LogP contribution in [0.3, 0.4) is 0 Å². The Kier molecular flexibility index (Phi) is 6.83. The van der Waals surface area contributed by atoms with Gasteiger partial charge in [0, 0.05) is 24.4 Å². The van der Waals surface area contributed by atoms with Crippen LogP contribution in [0.2, 0.25) is 0 Å². The lowest BCUT2D eigenvalue weighted by atomic mass is 9.74. The van der Waals surface area contributed by atoms with Crippen molar-refractivity contribution in [3.05, 3.63) is 108 Å². The standard InChI is InChI=1S/C28H32N2O/c1-21(2)27-25(29-31-20-22-13-7-4-8-14-22)19-26(23-15-9-5-10-16-23)30(3)28(27)24-17-11-6-12-18-24/h4-18,21,26-28H,19-20H2,1-3H3/b29-25-. The Morgan fingerprint density at radius 2 is 1.39 bits per heavy atom. The fraction of sp³-hybridized carbons (Fsp3) is 0.321. The van der Waals surface area contributed by atoms with Gasteiger partial charge in [-0.05, 0) is 29.7 Å². The third kappa shape index (κ3) is 4.88. The van der Waals surface area contributed by atoms with E-state index in [2.05, 4.69) is 98.6 Å². The second-order valence-corrected chi connectivity index (χ2v) is 8.76. The van der Waals surface area contributed by atoms with Gasteiger partial charge in [-0.1, -0.05) is 110 Å². The van der Waals surface area contributed by atoms with Gasteiger partial charge >= 0.3 is 0 Å². The molecule has 1 aliphatic heterocycles. The first kappa shape index (κ1) is 21.3. The van der Waals surface area contributed by atoms with E-state index in [1.54, 1.807) is 0 Å². The first-order valence-electron chi connectivity index (χ1n) is 11.2. The number of oxime groups is 1. The number of likely N-dealkylation sites (tertiary alicyclic amines) is 1. The molecule has 0 aliphatic carbocycles. The average molecular weight is 413 g/mol. The van der Waals surface area contributed by atoms with Gasteiger partial charge in [0.15, 0.2) is 0 Å². The molecule has 3 nitrogen and oxygen atoms in total. The van der Waals surface area contributed by atoms with Crippen LogP contribution in [-0.2, 0) is 11.4 Å². The van der Waals surface area contributed by atoms with Gasteiger partial charge in [0.25, 0.3) is 0 Å². The quantitative estimate of drug-likeness (QED) is 0.423. The van der Waals surface area contributed by atoms with Gasteiger partial charge in [-0.15, -0.1) is 0 Å². The molecule has 3 atom stereocenters. The molecule has 3 aromatic carbocycles. The van der Waals surface area contributed by atoms with E-state index in [9.17, 15) is 0 Å². The molecule has 1 aliphatic rings. The van der Waals surface area contributed by atoms with Gasteiger partial charge in [-0.2, -0.15) is 0 Å². The highest BCUT2D eigenvalue weighted by Gasteiger charge is 2.42. The van der Waals surface area contributed by atoms with Gasteiger partial charge in [0.2, 0.25) is 0 Å². The third-order valence-electron chi connectivity index (χ3n) is 6.36. The van der Waals surface area contributed by atoms with Crippen LogP contribution in [0, 0.1) is 11.8 Å². The van der Waals surface area contributed by atoms with Crippen LogP contribution in [0.1, 0.15) is 49.0 Å². The van der Waals surface area contributed by atoms with Crippen molar-refractivity contribution < 1.29 is 4.84 Å². The molecule has 0 saturated carbocycles. The van der Waals surface area contributed by atoms with Crippen molar-refractivity contribution in [2.75, 3.05) is 7.05 Å². The first-order valence-corrected chi connectivity index (χ1v) is 11.2. The van der Waals surface area contributed by atoms with Crippen LogP contribution in [0.5, 0.6) is 0 Å². The molecule has 160 valence electrons. The Hall–Kier alpha value is -2.91. The molecule has 0 bridgehead atoms. The summed E-state index contributed by atoms with van der Waals surface area (Å²) in [6.07, 6.45) is 0.876. The molecule has 1 saturated heterocycles. The molecule has 31 heavy (non-hydrogen) atoms. The maximum atomic E-state index is 5.91. The SMILES string of the molecule is CC(C)C1/C(=N\OCc2ccccc2)CC(c2ccccc2)N(C)C1c1ccccc1. The summed E-state index contributed by atoms with van der Waals surface area (Å²) in [7, 11) is 2.26. The zero-order valence-electron chi connectivity index (χ0n) is 18.7. The van der Waals surface area contributed by atoms with Crippen LogP contribution < -0.4 is 0 Å². The maximum absolute atomic E-state index is 5.91. The van der Waals surface area contributed by atoms with Crippen molar-refractivity contribution in [2.45, 2.75) is 39.0 Å². The molecule has 0 N–H and O–H groups in total. The van der Waals surface area contributed by atoms with Crippen LogP contribution in [0.25, 0.3) is 0 Å². The van der Waals surface area contributed by atoms with Crippen LogP contribution in [-0.4, -0.2) is 17.7 Å². The minimum absolute atomic E-state index is 0.249. The lowest BCUT2D eigenvalue weighted by Crippen LogP contribution is -2.45.